The van der Waals surface area contributed by atoms with Gasteiger partial charge in [0, 0.05) is 12.3 Å². The molecule has 0 aliphatic rings. The fraction of sp³-hybridized carbons (Fsp3) is 0.273. The van der Waals surface area contributed by atoms with Crippen LogP contribution in [0.25, 0.3) is 16.8 Å². The van der Waals surface area contributed by atoms with E-state index in [1.807, 2.05) is 43.3 Å². The van der Waals surface area contributed by atoms with Crippen molar-refractivity contribution >= 4 is 28.4 Å². The molecule has 5 heteroatoms. The van der Waals surface area contributed by atoms with Gasteiger partial charge in [0.2, 0.25) is 0 Å². The summed E-state index contributed by atoms with van der Waals surface area (Å²) in [6.07, 6.45) is 6.93. The SMILES string of the molecule is CCCCCOc1ccc(/C=C(\Cl)c2cc(=O)n3cccc(C)c3n2)cc1. The number of ether oxygens (including phenoxy) is 1. The molecule has 0 aliphatic heterocycles. The van der Waals surface area contributed by atoms with Gasteiger partial charge in [0.25, 0.3) is 5.56 Å². The Morgan fingerprint density at radius 1 is 1.22 bits per heavy atom. The van der Waals surface area contributed by atoms with E-state index in [-0.39, 0.29) is 5.56 Å². The standard InChI is InChI=1S/C22H23ClN2O2/c1-3-4-5-13-27-18-10-8-17(9-11-18)14-19(23)20-15-21(26)25-12-6-7-16(2)22(25)24-20/h6-12,14-15H,3-5,13H2,1-2H3/b19-14-. The molecule has 0 N–H and O–H groups in total. The first kappa shape index (κ1) is 19.2. The van der Waals surface area contributed by atoms with Crippen molar-refractivity contribution in [2.75, 3.05) is 6.61 Å². The van der Waals surface area contributed by atoms with E-state index in [4.69, 9.17) is 16.3 Å². The van der Waals surface area contributed by atoms with E-state index in [0.29, 0.717) is 16.4 Å². The van der Waals surface area contributed by atoms with E-state index >= 15 is 0 Å². The predicted octanol–water partition coefficient (Wildman–Crippen LogP) is 5.31. The largest absolute Gasteiger partial charge is 0.494 e. The molecular weight excluding hydrogens is 360 g/mol. The van der Waals surface area contributed by atoms with Crippen molar-refractivity contribution in [2.24, 2.45) is 0 Å². The van der Waals surface area contributed by atoms with E-state index < -0.39 is 0 Å². The summed E-state index contributed by atoms with van der Waals surface area (Å²) < 4.78 is 7.24. The maximum Gasteiger partial charge on any atom is 0.258 e. The second-order valence-electron chi connectivity index (χ2n) is 6.48. The molecule has 27 heavy (non-hydrogen) atoms. The Balaban J connectivity index is 1.80. The Bertz CT molecular complexity index is 1010. The number of rotatable bonds is 7. The van der Waals surface area contributed by atoms with Crippen molar-refractivity contribution in [3.63, 3.8) is 0 Å². The summed E-state index contributed by atoms with van der Waals surface area (Å²) in [7, 11) is 0. The predicted molar refractivity (Wildman–Crippen MR) is 111 cm³/mol. The van der Waals surface area contributed by atoms with E-state index in [2.05, 4.69) is 11.9 Å². The van der Waals surface area contributed by atoms with Crippen LogP contribution < -0.4 is 10.3 Å². The number of nitrogens with zero attached hydrogens (tertiary/aromatic N) is 2. The fourth-order valence-corrected chi connectivity index (χ4v) is 3.03. The van der Waals surface area contributed by atoms with Crippen LogP contribution in [0.2, 0.25) is 0 Å². The maximum atomic E-state index is 12.3. The highest BCUT2D eigenvalue weighted by Gasteiger charge is 2.07. The molecule has 0 atom stereocenters. The molecule has 2 heterocycles. The van der Waals surface area contributed by atoms with Crippen LogP contribution in [0.5, 0.6) is 5.75 Å². The second kappa shape index (κ2) is 8.87. The van der Waals surface area contributed by atoms with Gasteiger partial charge in [-0.25, -0.2) is 4.98 Å². The number of unbranched alkanes of at least 4 members (excludes halogenated alkanes) is 2. The number of benzene rings is 1. The van der Waals surface area contributed by atoms with Gasteiger partial charge in [-0.05, 0) is 48.7 Å². The first-order valence-electron chi connectivity index (χ1n) is 9.18. The lowest BCUT2D eigenvalue weighted by atomic mass is 10.2. The minimum absolute atomic E-state index is 0.152. The monoisotopic (exact) mass is 382 g/mol. The lowest BCUT2D eigenvalue weighted by Gasteiger charge is -2.07. The van der Waals surface area contributed by atoms with Crippen LogP contribution in [0.1, 0.15) is 43.0 Å². The zero-order chi connectivity index (χ0) is 19.2. The van der Waals surface area contributed by atoms with Gasteiger partial charge in [-0.3, -0.25) is 9.20 Å². The first-order chi connectivity index (χ1) is 13.1. The fourth-order valence-electron chi connectivity index (χ4n) is 2.81. The van der Waals surface area contributed by atoms with Crippen LogP contribution in [0, 0.1) is 6.92 Å². The number of halogens is 1. The Hall–Kier alpha value is -2.59. The molecule has 0 unspecified atom stereocenters. The number of hydrogen-bond acceptors (Lipinski definition) is 3. The average molecular weight is 383 g/mol. The van der Waals surface area contributed by atoms with Gasteiger partial charge in [-0.2, -0.15) is 0 Å². The van der Waals surface area contributed by atoms with Crippen molar-refractivity contribution in [1.82, 2.24) is 9.38 Å². The Morgan fingerprint density at radius 2 is 2.00 bits per heavy atom. The molecular formula is C22H23ClN2O2. The Morgan fingerprint density at radius 3 is 2.74 bits per heavy atom. The summed E-state index contributed by atoms with van der Waals surface area (Å²) in [6, 6.07) is 12.9. The van der Waals surface area contributed by atoms with Gasteiger partial charge >= 0.3 is 0 Å². The molecule has 140 valence electrons. The highest BCUT2D eigenvalue weighted by Crippen LogP contribution is 2.22. The summed E-state index contributed by atoms with van der Waals surface area (Å²) in [5.74, 6) is 0.845. The second-order valence-corrected chi connectivity index (χ2v) is 6.89. The number of aryl methyl sites for hydroxylation is 1. The van der Waals surface area contributed by atoms with Crippen molar-refractivity contribution in [3.05, 3.63) is 75.8 Å². The quantitative estimate of drug-likeness (QED) is 0.520. The zero-order valence-electron chi connectivity index (χ0n) is 15.6. The van der Waals surface area contributed by atoms with Crippen LogP contribution >= 0.6 is 11.6 Å². The molecule has 0 bridgehead atoms. The molecule has 0 amide bonds. The molecule has 0 spiro atoms. The van der Waals surface area contributed by atoms with E-state index in [1.54, 1.807) is 12.3 Å². The minimum Gasteiger partial charge on any atom is -0.494 e. The minimum atomic E-state index is -0.152. The molecule has 1 aromatic carbocycles. The third-order valence-corrected chi connectivity index (χ3v) is 4.62. The third-order valence-electron chi connectivity index (χ3n) is 4.32. The van der Waals surface area contributed by atoms with E-state index in [9.17, 15) is 4.79 Å². The van der Waals surface area contributed by atoms with Gasteiger partial charge in [0.1, 0.15) is 11.4 Å². The number of hydrogen-bond donors (Lipinski definition) is 0. The Labute approximate surface area is 164 Å². The molecule has 4 nitrogen and oxygen atoms in total. The number of pyridine rings is 1. The van der Waals surface area contributed by atoms with Gasteiger partial charge in [-0.1, -0.05) is 49.6 Å². The summed E-state index contributed by atoms with van der Waals surface area (Å²) in [4.78, 5) is 16.9. The summed E-state index contributed by atoms with van der Waals surface area (Å²) >= 11 is 6.44. The van der Waals surface area contributed by atoms with Gasteiger partial charge in [0.15, 0.2) is 0 Å². The van der Waals surface area contributed by atoms with Crippen molar-refractivity contribution in [3.8, 4) is 5.75 Å². The maximum absolute atomic E-state index is 12.3. The first-order valence-corrected chi connectivity index (χ1v) is 9.56. The summed E-state index contributed by atoms with van der Waals surface area (Å²) in [6.45, 7) is 4.82. The van der Waals surface area contributed by atoms with Crippen molar-refractivity contribution in [1.29, 1.82) is 0 Å². The zero-order valence-corrected chi connectivity index (χ0v) is 16.4. The van der Waals surface area contributed by atoms with Gasteiger partial charge in [-0.15, -0.1) is 0 Å². The normalized spacial score (nSPS) is 11.7. The molecule has 0 aliphatic carbocycles. The van der Waals surface area contributed by atoms with Crippen molar-refractivity contribution < 1.29 is 4.74 Å². The van der Waals surface area contributed by atoms with E-state index in [1.165, 1.54) is 23.3 Å². The number of aromatic nitrogens is 2. The smallest absolute Gasteiger partial charge is 0.258 e. The van der Waals surface area contributed by atoms with Crippen LogP contribution in [-0.2, 0) is 0 Å². The molecule has 0 radical (unpaired) electrons. The summed E-state index contributed by atoms with van der Waals surface area (Å²) in [5, 5.41) is 0.425. The highest BCUT2D eigenvalue weighted by molar-refractivity contribution is 6.51. The van der Waals surface area contributed by atoms with Crippen LogP contribution in [0.3, 0.4) is 0 Å². The topological polar surface area (TPSA) is 43.6 Å². The molecule has 3 aromatic rings. The lowest BCUT2D eigenvalue weighted by molar-refractivity contribution is 0.306. The molecule has 2 aromatic heterocycles. The van der Waals surface area contributed by atoms with Crippen molar-refractivity contribution in [2.45, 2.75) is 33.1 Å². The molecule has 3 rings (SSSR count). The van der Waals surface area contributed by atoms with Crippen LogP contribution in [-0.4, -0.2) is 16.0 Å². The lowest BCUT2D eigenvalue weighted by Crippen LogP contribution is -2.15. The molecule has 0 fully saturated rings. The molecule has 0 saturated carbocycles. The summed E-state index contributed by atoms with van der Waals surface area (Å²) in [5.41, 5.74) is 2.78. The number of fused-ring (bicyclic) bond motifs is 1. The average Bonchev–Trinajstić information content (AvgIpc) is 2.67. The highest BCUT2D eigenvalue weighted by atomic mass is 35.5. The van der Waals surface area contributed by atoms with Gasteiger partial charge < -0.3 is 4.74 Å². The Kier molecular flexibility index (Phi) is 6.30. The van der Waals surface area contributed by atoms with Gasteiger partial charge in [0.05, 0.1) is 17.3 Å². The third kappa shape index (κ3) is 4.77. The molecule has 0 saturated heterocycles. The van der Waals surface area contributed by atoms with Crippen LogP contribution in [0.15, 0.2) is 53.5 Å². The van der Waals surface area contributed by atoms with Crippen LogP contribution in [0.4, 0.5) is 0 Å². The van der Waals surface area contributed by atoms with E-state index in [0.717, 1.165) is 29.9 Å².